The fourth-order valence-corrected chi connectivity index (χ4v) is 5.70. The van der Waals surface area contributed by atoms with Crippen LogP contribution in [0.3, 0.4) is 0 Å². The van der Waals surface area contributed by atoms with Gasteiger partial charge in [0.25, 0.3) is 11.9 Å². The Bertz CT molecular complexity index is 1830. The monoisotopic (exact) mass is 720 g/mol. The number of benzene rings is 4. The van der Waals surface area contributed by atoms with Crippen molar-refractivity contribution < 1.29 is 28.8 Å². The van der Waals surface area contributed by atoms with Gasteiger partial charge in [0, 0.05) is 12.1 Å². The fourth-order valence-electron chi connectivity index (χ4n) is 5.70. The number of nitrogens with zero attached hydrogens (tertiary/aromatic N) is 2. The van der Waals surface area contributed by atoms with Crippen molar-refractivity contribution in [1.82, 2.24) is 0 Å². The van der Waals surface area contributed by atoms with Gasteiger partial charge in [-0.3, -0.25) is 4.79 Å². The number of anilines is 1. The molecule has 280 valence electrons. The van der Waals surface area contributed by atoms with Crippen LogP contribution in [0.1, 0.15) is 95.2 Å². The van der Waals surface area contributed by atoms with Crippen LogP contribution in [-0.4, -0.2) is 30.2 Å². The summed E-state index contributed by atoms with van der Waals surface area (Å²) in [5.41, 5.74) is 9.22. The summed E-state index contributed by atoms with van der Waals surface area (Å²) in [6.07, 6.45) is 10.0. The summed E-state index contributed by atoms with van der Waals surface area (Å²) in [6, 6.07) is 24.3. The van der Waals surface area contributed by atoms with Crippen LogP contribution >= 0.6 is 0 Å². The third kappa shape index (κ3) is 12.5. The molecule has 0 heterocycles. The van der Waals surface area contributed by atoms with Crippen molar-refractivity contribution in [1.29, 1.82) is 5.26 Å². The summed E-state index contributed by atoms with van der Waals surface area (Å²) in [6.45, 7) is 6.47. The van der Waals surface area contributed by atoms with Gasteiger partial charge >= 0.3 is 0 Å². The molecule has 0 saturated carbocycles. The van der Waals surface area contributed by atoms with E-state index in [4.69, 9.17) is 29.9 Å². The highest BCUT2D eigenvalue weighted by Gasteiger charge is 2.24. The van der Waals surface area contributed by atoms with Crippen molar-refractivity contribution in [3.63, 3.8) is 0 Å². The molecule has 0 spiro atoms. The van der Waals surface area contributed by atoms with Crippen LogP contribution in [-0.2, 0) is 17.6 Å². The SMILES string of the molecule is CCCCCc1ccc(OC(CCCC)C(=O)Nc2cc(O)c(N=C(N)Oc3ccc(C#N)cc3)cc2Oc2ccc(OC)cc2)c(CCCCC)c1. The fraction of sp³-hybridized carbons (Fsp3) is 0.372. The summed E-state index contributed by atoms with van der Waals surface area (Å²) in [7, 11) is 1.57. The lowest BCUT2D eigenvalue weighted by Crippen LogP contribution is -2.33. The molecule has 10 nitrogen and oxygen atoms in total. The second-order valence-electron chi connectivity index (χ2n) is 12.9. The van der Waals surface area contributed by atoms with E-state index in [0.717, 1.165) is 62.7 Å². The summed E-state index contributed by atoms with van der Waals surface area (Å²) >= 11 is 0. The molecule has 0 radical (unpaired) electrons. The number of aromatic hydroxyl groups is 1. The number of carbonyl (C=O) groups excluding carboxylic acids is 1. The molecule has 0 aromatic heterocycles. The van der Waals surface area contributed by atoms with Gasteiger partial charge in [0.2, 0.25) is 0 Å². The van der Waals surface area contributed by atoms with Crippen molar-refractivity contribution in [2.75, 3.05) is 12.4 Å². The van der Waals surface area contributed by atoms with Gasteiger partial charge in [-0.25, -0.2) is 0 Å². The Labute approximate surface area is 313 Å². The predicted molar refractivity (Wildman–Crippen MR) is 210 cm³/mol. The average molecular weight is 721 g/mol. The molecule has 0 fully saturated rings. The molecule has 0 aliphatic heterocycles. The molecular formula is C43H52N4O6. The Morgan fingerprint density at radius 1 is 0.830 bits per heavy atom. The Hall–Kier alpha value is -5.69. The van der Waals surface area contributed by atoms with Gasteiger partial charge < -0.3 is 35.1 Å². The van der Waals surface area contributed by atoms with Gasteiger partial charge in [-0.1, -0.05) is 65.0 Å². The van der Waals surface area contributed by atoms with E-state index in [1.165, 1.54) is 30.5 Å². The van der Waals surface area contributed by atoms with Gasteiger partial charge in [0.05, 0.1) is 24.4 Å². The first-order valence-corrected chi connectivity index (χ1v) is 18.6. The minimum atomic E-state index is -0.795. The first-order valence-electron chi connectivity index (χ1n) is 18.6. The lowest BCUT2D eigenvalue weighted by atomic mass is 10.00. The third-order valence-corrected chi connectivity index (χ3v) is 8.68. The standard InChI is InChI=1S/C43H52N4O6/c1-5-8-11-13-30-18-25-39(32(26-30)14-12-9-6-2)53-40(15-10-7-3)42(49)46-37-27-38(48)36(28-41(37)51-34-23-21-33(50-4)22-24-34)47-43(45)52-35-19-16-31(29-44)17-20-35/h16-28,40,48H,5-15H2,1-4H3,(H2,45,47)(H,46,49). The van der Waals surface area contributed by atoms with Crippen LogP contribution in [0.2, 0.25) is 0 Å². The van der Waals surface area contributed by atoms with Crippen molar-refractivity contribution in [2.45, 2.75) is 97.5 Å². The van der Waals surface area contributed by atoms with Crippen LogP contribution in [0.5, 0.6) is 34.5 Å². The zero-order valence-corrected chi connectivity index (χ0v) is 31.3. The molecule has 1 amide bonds. The highest BCUT2D eigenvalue weighted by atomic mass is 16.5. The number of amides is 1. The minimum Gasteiger partial charge on any atom is -0.506 e. The molecule has 4 rings (SSSR count). The quantitative estimate of drug-likeness (QED) is 0.0464. The van der Waals surface area contributed by atoms with E-state index in [9.17, 15) is 9.90 Å². The number of methoxy groups -OCH3 is 1. The normalized spacial score (nSPS) is 11.7. The van der Waals surface area contributed by atoms with Crippen LogP contribution in [0.4, 0.5) is 11.4 Å². The molecule has 1 unspecified atom stereocenters. The Morgan fingerprint density at radius 3 is 2.15 bits per heavy atom. The maximum Gasteiger partial charge on any atom is 0.292 e. The van der Waals surface area contributed by atoms with Crippen molar-refractivity contribution in [2.24, 2.45) is 10.7 Å². The average Bonchev–Trinajstić information content (AvgIpc) is 3.16. The van der Waals surface area contributed by atoms with Gasteiger partial charge in [0.15, 0.2) is 11.9 Å². The predicted octanol–water partition coefficient (Wildman–Crippen LogP) is 10.1. The molecular weight excluding hydrogens is 668 g/mol. The number of phenols is 1. The van der Waals surface area contributed by atoms with Crippen LogP contribution < -0.4 is 30.0 Å². The number of carbonyl (C=O) groups is 1. The Morgan fingerprint density at radius 2 is 1.49 bits per heavy atom. The van der Waals surface area contributed by atoms with Gasteiger partial charge in [-0.2, -0.15) is 10.3 Å². The van der Waals surface area contributed by atoms with Crippen molar-refractivity contribution in [3.05, 3.63) is 95.6 Å². The first kappa shape index (κ1) is 40.1. The summed E-state index contributed by atoms with van der Waals surface area (Å²) in [4.78, 5) is 18.3. The topological polar surface area (TPSA) is 148 Å². The zero-order valence-electron chi connectivity index (χ0n) is 31.3. The number of rotatable bonds is 20. The van der Waals surface area contributed by atoms with E-state index in [2.05, 4.69) is 43.2 Å². The molecule has 4 aromatic carbocycles. The van der Waals surface area contributed by atoms with E-state index in [1.54, 1.807) is 55.6 Å². The van der Waals surface area contributed by atoms with E-state index < -0.39 is 6.10 Å². The number of nitrogens with one attached hydrogen (secondary N) is 1. The summed E-state index contributed by atoms with van der Waals surface area (Å²) < 4.78 is 23.7. The second-order valence-corrected chi connectivity index (χ2v) is 12.9. The van der Waals surface area contributed by atoms with Crippen LogP contribution in [0, 0.1) is 11.3 Å². The zero-order chi connectivity index (χ0) is 38.0. The molecule has 1 atom stereocenters. The molecule has 0 aliphatic rings. The highest BCUT2D eigenvalue weighted by Crippen LogP contribution is 2.40. The van der Waals surface area contributed by atoms with Crippen LogP contribution in [0.15, 0.2) is 83.9 Å². The molecule has 53 heavy (non-hydrogen) atoms. The molecule has 0 bridgehead atoms. The van der Waals surface area contributed by atoms with E-state index in [-0.39, 0.29) is 34.8 Å². The molecule has 4 N–H and O–H groups in total. The lowest BCUT2D eigenvalue weighted by Gasteiger charge is -2.22. The maximum atomic E-state index is 14.1. The van der Waals surface area contributed by atoms with Crippen molar-refractivity contribution in [3.8, 4) is 40.6 Å². The molecule has 4 aromatic rings. The second kappa shape index (κ2) is 21.0. The number of aliphatic imine (C=N–C) groups is 1. The Balaban J connectivity index is 1.64. The molecule has 0 saturated heterocycles. The van der Waals surface area contributed by atoms with E-state index in [0.29, 0.717) is 29.2 Å². The van der Waals surface area contributed by atoms with Gasteiger partial charge in [-0.05, 0) is 104 Å². The number of nitrogens with two attached hydrogens (primary N) is 1. The minimum absolute atomic E-state index is 0.0483. The van der Waals surface area contributed by atoms with Crippen LogP contribution in [0.25, 0.3) is 0 Å². The Kier molecular flexibility index (Phi) is 15.9. The largest absolute Gasteiger partial charge is 0.506 e. The number of phenolic OH excluding ortho intramolecular Hbond substituents is 1. The van der Waals surface area contributed by atoms with Gasteiger partial charge in [0.1, 0.15) is 34.4 Å². The number of aryl methyl sites for hydroxylation is 2. The lowest BCUT2D eigenvalue weighted by molar-refractivity contribution is -0.123. The molecule has 10 heteroatoms. The number of hydrogen-bond acceptors (Lipinski definition) is 8. The number of unbranched alkanes of at least 4 members (excludes halogenated alkanes) is 5. The highest BCUT2D eigenvalue weighted by molar-refractivity contribution is 5.96. The van der Waals surface area contributed by atoms with Gasteiger partial charge in [-0.15, -0.1) is 0 Å². The summed E-state index contributed by atoms with van der Waals surface area (Å²) in [5.74, 6) is 1.75. The summed E-state index contributed by atoms with van der Waals surface area (Å²) in [5, 5.41) is 23.1. The smallest absolute Gasteiger partial charge is 0.292 e. The van der Waals surface area contributed by atoms with Crippen molar-refractivity contribution >= 4 is 23.3 Å². The number of nitriles is 1. The van der Waals surface area contributed by atoms with E-state index in [1.807, 2.05) is 12.1 Å². The maximum absolute atomic E-state index is 14.1. The molecule has 0 aliphatic carbocycles. The number of amidine groups is 1. The number of ether oxygens (including phenoxy) is 4. The number of hydrogen-bond donors (Lipinski definition) is 3. The van der Waals surface area contributed by atoms with E-state index >= 15 is 0 Å². The first-order chi connectivity index (χ1) is 25.8. The third-order valence-electron chi connectivity index (χ3n) is 8.68.